The molecule has 0 amide bonds. The van der Waals surface area contributed by atoms with Gasteiger partial charge in [-0.3, -0.25) is 0 Å². The van der Waals surface area contributed by atoms with Crippen LogP contribution < -0.4 is 9.47 Å². The monoisotopic (exact) mass is 401 g/mol. The average molecular weight is 402 g/mol. The molecule has 0 atom stereocenters. The van der Waals surface area contributed by atoms with E-state index in [9.17, 15) is 0 Å². The van der Waals surface area contributed by atoms with E-state index in [4.69, 9.17) is 9.47 Å². The second-order valence-electron chi connectivity index (χ2n) is 7.08. The minimum absolute atomic E-state index is 0.363. The Bertz CT molecular complexity index is 779. The van der Waals surface area contributed by atoms with Crippen molar-refractivity contribution in [2.45, 2.75) is 19.4 Å². The summed E-state index contributed by atoms with van der Waals surface area (Å²) in [5, 5.41) is 0. The summed E-state index contributed by atoms with van der Waals surface area (Å²) in [4.78, 5) is 2.10. The van der Waals surface area contributed by atoms with Crippen LogP contribution in [0.2, 0.25) is 0 Å². The molecule has 0 N–H and O–H groups in total. The van der Waals surface area contributed by atoms with Crippen LogP contribution in [0.4, 0.5) is 0 Å². The van der Waals surface area contributed by atoms with Gasteiger partial charge in [0.05, 0.1) is 0 Å². The van der Waals surface area contributed by atoms with Crippen molar-refractivity contribution in [1.29, 1.82) is 0 Å². The number of likely N-dealkylation sites (N-methyl/N-ethyl adjacent to an activating group) is 1. The molecule has 4 heteroatoms. The highest BCUT2D eigenvalue weighted by Crippen LogP contribution is 2.41. The summed E-state index contributed by atoms with van der Waals surface area (Å²) in [6.45, 7) is 5.70. The SMILES string of the molecule is CN(C)CCOc1ccc2c(c1)OC(C)(C)C=C2c1ccc(Br)cc1. The highest BCUT2D eigenvalue weighted by atomic mass is 79.9. The average Bonchev–Trinajstić information content (AvgIpc) is 2.53. The lowest BCUT2D eigenvalue weighted by Gasteiger charge is -2.31. The molecule has 1 heterocycles. The van der Waals surface area contributed by atoms with Crippen LogP contribution in [0.5, 0.6) is 11.5 Å². The van der Waals surface area contributed by atoms with Crippen LogP contribution >= 0.6 is 15.9 Å². The van der Waals surface area contributed by atoms with E-state index in [0.29, 0.717) is 6.61 Å². The summed E-state index contributed by atoms with van der Waals surface area (Å²) in [5.74, 6) is 1.71. The van der Waals surface area contributed by atoms with Crippen molar-refractivity contribution < 1.29 is 9.47 Å². The molecule has 0 aromatic heterocycles. The minimum Gasteiger partial charge on any atom is -0.492 e. The lowest BCUT2D eigenvalue weighted by molar-refractivity contribution is 0.157. The first-order valence-electron chi connectivity index (χ1n) is 8.44. The number of ether oxygens (including phenoxy) is 2. The van der Waals surface area contributed by atoms with Gasteiger partial charge in [-0.15, -0.1) is 0 Å². The van der Waals surface area contributed by atoms with E-state index in [1.807, 2.05) is 26.2 Å². The van der Waals surface area contributed by atoms with Gasteiger partial charge in [0.15, 0.2) is 0 Å². The number of rotatable bonds is 5. The lowest BCUT2D eigenvalue weighted by Crippen LogP contribution is -2.29. The molecule has 0 saturated heterocycles. The Balaban J connectivity index is 1.92. The van der Waals surface area contributed by atoms with Crippen LogP contribution in [0.25, 0.3) is 5.57 Å². The van der Waals surface area contributed by atoms with Crippen molar-refractivity contribution in [3.8, 4) is 11.5 Å². The molecular formula is C21H24BrNO2. The molecule has 3 rings (SSSR count). The van der Waals surface area contributed by atoms with Gasteiger partial charge in [-0.2, -0.15) is 0 Å². The van der Waals surface area contributed by atoms with Gasteiger partial charge in [-0.1, -0.05) is 28.1 Å². The van der Waals surface area contributed by atoms with E-state index >= 15 is 0 Å². The van der Waals surface area contributed by atoms with Crippen LogP contribution in [0.3, 0.4) is 0 Å². The molecule has 0 aliphatic carbocycles. The van der Waals surface area contributed by atoms with Gasteiger partial charge in [-0.25, -0.2) is 0 Å². The smallest absolute Gasteiger partial charge is 0.132 e. The molecule has 0 fully saturated rings. The molecule has 132 valence electrons. The largest absolute Gasteiger partial charge is 0.492 e. The fourth-order valence-electron chi connectivity index (χ4n) is 2.85. The lowest BCUT2D eigenvalue weighted by atomic mass is 9.90. The zero-order valence-corrected chi connectivity index (χ0v) is 16.8. The highest BCUT2D eigenvalue weighted by Gasteiger charge is 2.27. The summed E-state index contributed by atoms with van der Waals surface area (Å²) in [5.41, 5.74) is 3.11. The third-order valence-corrected chi connectivity index (χ3v) is 4.60. The van der Waals surface area contributed by atoms with Gasteiger partial charge >= 0.3 is 0 Å². The number of benzene rings is 2. The van der Waals surface area contributed by atoms with Crippen LogP contribution in [0.15, 0.2) is 53.0 Å². The highest BCUT2D eigenvalue weighted by molar-refractivity contribution is 9.10. The first-order chi connectivity index (χ1) is 11.8. The van der Waals surface area contributed by atoms with Crippen molar-refractivity contribution in [2.24, 2.45) is 0 Å². The first-order valence-corrected chi connectivity index (χ1v) is 9.23. The van der Waals surface area contributed by atoms with E-state index in [2.05, 4.69) is 71.1 Å². The van der Waals surface area contributed by atoms with Gasteiger partial charge in [-0.05, 0) is 69.4 Å². The van der Waals surface area contributed by atoms with Crippen LogP contribution in [0.1, 0.15) is 25.0 Å². The van der Waals surface area contributed by atoms with E-state index in [-0.39, 0.29) is 5.60 Å². The van der Waals surface area contributed by atoms with Gasteiger partial charge in [0.1, 0.15) is 23.7 Å². The van der Waals surface area contributed by atoms with Crippen LogP contribution in [-0.2, 0) is 0 Å². The minimum atomic E-state index is -0.363. The van der Waals surface area contributed by atoms with Gasteiger partial charge < -0.3 is 14.4 Å². The Labute approximate surface area is 158 Å². The predicted molar refractivity (Wildman–Crippen MR) is 106 cm³/mol. The maximum absolute atomic E-state index is 6.19. The van der Waals surface area contributed by atoms with Crippen molar-refractivity contribution in [3.63, 3.8) is 0 Å². The fraction of sp³-hybridized carbons (Fsp3) is 0.333. The fourth-order valence-corrected chi connectivity index (χ4v) is 3.12. The summed E-state index contributed by atoms with van der Waals surface area (Å²) in [6, 6.07) is 14.5. The zero-order chi connectivity index (χ0) is 18.0. The van der Waals surface area contributed by atoms with Crippen molar-refractivity contribution in [3.05, 3.63) is 64.1 Å². The molecule has 0 unspecified atom stereocenters. The Morgan fingerprint density at radius 2 is 1.80 bits per heavy atom. The third-order valence-electron chi connectivity index (χ3n) is 4.07. The number of halogens is 1. The summed E-state index contributed by atoms with van der Waals surface area (Å²) in [6.07, 6.45) is 2.19. The quantitative estimate of drug-likeness (QED) is 0.703. The van der Waals surface area contributed by atoms with Crippen molar-refractivity contribution in [2.75, 3.05) is 27.2 Å². The second-order valence-corrected chi connectivity index (χ2v) is 8.00. The number of hydrogen-bond donors (Lipinski definition) is 0. The number of fused-ring (bicyclic) bond motifs is 1. The molecule has 25 heavy (non-hydrogen) atoms. The third kappa shape index (κ3) is 4.44. The first kappa shape index (κ1) is 18.0. The predicted octanol–water partition coefficient (Wildman–Crippen LogP) is 4.99. The molecule has 0 spiro atoms. The molecular weight excluding hydrogens is 378 g/mol. The Morgan fingerprint density at radius 1 is 1.08 bits per heavy atom. The Kier molecular flexibility index (Phi) is 5.21. The van der Waals surface area contributed by atoms with Gasteiger partial charge in [0.25, 0.3) is 0 Å². The second kappa shape index (κ2) is 7.22. The molecule has 2 aromatic carbocycles. The Hall–Kier alpha value is -1.78. The van der Waals surface area contributed by atoms with Gasteiger partial charge in [0, 0.05) is 22.6 Å². The molecule has 2 aromatic rings. The maximum Gasteiger partial charge on any atom is 0.132 e. The van der Waals surface area contributed by atoms with E-state index in [0.717, 1.165) is 28.1 Å². The molecule has 1 aliphatic heterocycles. The normalized spacial score (nSPS) is 15.4. The van der Waals surface area contributed by atoms with Crippen LogP contribution in [0, 0.1) is 0 Å². The van der Waals surface area contributed by atoms with Gasteiger partial charge in [0.2, 0.25) is 0 Å². The summed E-state index contributed by atoms with van der Waals surface area (Å²) >= 11 is 3.50. The molecule has 0 bridgehead atoms. The maximum atomic E-state index is 6.19. The molecule has 3 nitrogen and oxygen atoms in total. The van der Waals surface area contributed by atoms with E-state index in [1.54, 1.807) is 0 Å². The van der Waals surface area contributed by atoms with E-state index in [1.165, 1.54) is 11.1 Å². The van der Waals surface area contributed by atoms with Crippen molar-refractivity contribution >= 4 is 21.5 Å². The molecule has 1 aliphatic rings. The Morgan fingerprint density at radius 3 is 2.48 bits per heavy atom. The van der Waals surface area contributed by atoms with E-state index < -0.39 is 0 Å². The molecule has 0 radical (unpaired) electrons. The number of hydrogen-bond acceptors (Lipinski definition) is 3. The standard InChI is InChI=1S/C21H24BrNO2/c1-21(2)14-19(15-5-7-16(22)8-6-15)18-10-9-17(13-20(18)25-21)24-12-11-23(3)4/h5-10,13-14H,11-12H2,1-4H3. The number of nitrogens with zero attached hydrogens (tertiary/aromatic N) is 1. The van der Waals surface area contributed by atoms with Crippen molar-refractivity contribution in [1.82, 2.24) is 4.90 Å². The van der Waals surface area contributed by atoms with Crippen LogP contribution in [-0.4, -0.2) is 37.7 Å². The topological polar surface area (TPSA) is 21.7 Å². The summed E-state index contributed by atoms with van der Waals surface area (Å²) < 4.78 is 13.1. The molecule has 0 saturated carbocycles. The summed E-state index contributed by atoms with van der Waals surface area (Å²) in [7, 11) is 4.08. The zero-order valence-electron chi connectivity index (χ0n) is 15.2.